The summed E-state index contributed by atoms with van der Waals surface area (Å²) in [7, 11) is 0. The van der Waals surface area contributed by atoms with Crippen LogP contribution in [0.25, 0.3) is 16.7 Å². The molecule has 0 radical (unpaired) electrons. The predicted molar refractivity (Wildman–Crippen MR) is 119 cm³/mol. The van der Waals surface area contributed by atoms with Crippen LogP contribution in [-0.2, 0) is 9.53 Å². The number of primary amides is 1. The first-order chi connectivity index (χ1) is 15.1. The molecule has 31 heavy (non-hydrogen) atoms. The number of benzene rings is 1. The number of carbonyl (C=O) groups is 1. The van der Waals surface area contributed by atoms with E-state index in [0.717, 1.165) is 35.6 Å². The summed E-state index contributed by atoms with van der Waals surface area (Å²) in [5, 5.41) is 6.17. The lowest BCUT2D eigenvalue weighted by atomic mass is 9.96. The standard InChI is InChI=1S/C21H24ClN7O2/c22-15-1-3-16(4-2-15)29-20-17(13-24-29)19(27-9-11-31-12-10-27)25-21(26-20)28-7-5-14(6-8-28)18(23)30/h1-4,13-14H,5-12H2,(H2,23,30). The van der Waals surface area contributed by atoms with E-state index in [0.29, 0.717) is 50.1 Å². The third kappa shape index (κ3) is 3.90. The summed E-state index contributed by atoms with van der Waals surface area (Å²) in [5.74, 6) is 1.19. The molecule has 3 aromatic rings. The Hall–Kier alpha value is -2.91. The van der Waals surface area contributed by atoms with E-state index in [1.807, 2.05) is 35.1 Å². The highest BCUT2D eigenvalue weighted by Gasteiger charge is 2.27. The molecule has 0 unspecified atom stereocenters. The minimum atomic E-state index is -0.231. The van der Waals surface area contributed by atoms with Gasteiger partial charge in [0.1, 0.15) is 5.82 Å². The first-order valence-electron chi connectivity index (χ1n) is 10.5. The van der Waals surface area contributed by atoms with Gasteiger partial charge in [-0.2, -0.15) is 15.1 Å². The number of aromatic nitrogens is 4. The van der Waals surface area contributed by atoms with Crippen LogP contribution in [0.1, 0.15) is 12.8 Å². The van der Waals surface area contributed by atoms with Crippen molar-refractivity contribution in [1.82, 2.24) is 19.7 Å². The first-order valence-corrected chi connectivity index (χ1v) is 10.9. The van der Waals surface area contributed by atoms with Crippen LogP contribution in [0.3, 0.4) is 0 Å². The fourth-order valence-corrected chi connectivity index (χ4v) is 4.30. The molecule has 5 rings (SSSR count). The minimum Gasteiger partial charge on any atom is -0.378 e. The number of carbonyl (C=O) groups excluding carboxylic acids is 1. The number of nitrogens with zero attached hydrogens (tertiary/aromatic N) is 6. The molecule has 10 heteroatoms. The Morgan fingerprint density at radius 2 is 1.74 bits per heavy atom. The van der Waals surface area contributed by atoms with Gasteiger partial charge in [-0.15, -0.1) is 0 Å². The summed E-state index contributed by atoms with van der Waals surface area (Å²) in [6.07, 6.45) is 3.23. The van der Waals surface area contributed by atoms with Crippen molar-refractivity contribution in [1.29, 1.82) is 0 Å². The molecule has 2 aromatic heterocycles. The van der Waals surface area contributed by atoms with Crippen molar-refractivity contribution in [2.24, 2.45) is 11.7 Å². The molecule has 2 aliphatic heterocycles. The average molecular weight is 442 g/mol. The molecule has 9 nitrogen and oxygen atoms in total. The van der Waals surface area contributed by atoms with Gasteiger partial charge in [0.25, 0.3) is 0 Å². The van der Waals surface area contributed by atoms with Crippen molar-refractivity contribution in [3.05, 3.63) is 35.5 Å². The van der Waals surface area contributed by atoms with Crippen LogP contribution < -0.4 is 15.5 Å². The number of nitrogens with two attached hydrogens (primary N) is 1. The largest absolute Gasteiger partial charge is 0.378 e. The molecule has 162 valence electrons. The number of ether oxygens (including phenoxy) is 1. The highest BCUT2D eigenvalue weighted by molar-refractivity contribution is 6.30. The van der Waals surface area contributed by atoms with Gasteiger partial charge in [0, 0.05) is 37.1 Å². The monoisotopic (exact) mass is 441 g/mol. The first kappa shape index (κ1) is 20.0. The smallest absolute Gasteiger partial charge is 0.229 e. The van der Waals surface area contributed by atoms with Gasteiger partial charge < -0.3 is 20.3 Å². The summed E-state index contributed by atoms with van der Waals surface area (Å²) in [6, 6.07) is 7.51. The Morgan fingerprint density at radius 3 is 2.42 bits per heavy atom. The second-order valence-corrected chi connectivity index (χ2v) is 8.32. The predicted octanol–water partition coefficient (Wildman–Crippen LogP) is 2.01. The van der Waals surface area contributed by atoms with E-state index < -0.39 is 0 Å². The molecule has 0 atom stereocenters. The van der Waals surface area contributed by atoms with E-state index in [-0.39, 0.29) is 11.8 Å². The molecule has 0 spiro atoms. The van der Waals surface area contributed by atoms with Crippen molar-refractivity contribution in [2.45, 2.75) is 12.8 Å². The third-order valence-corrected chi connectivity index (χ3v) is 6.21. The number of rotatable bonds is 4. The van der Waals surface area contributed by atoms with Crippen molar-refractivity contribution in [3.8, 4) is 5.69 Å². The van der Waals surface area contributed by atoms with Gasteiger partial charge in [-0.25, -0.2) is 4.68 Å². The maximum absolute atomic E-state index is 11.6. The van der Waals surface area contributed by atoms with Crippen LogP contribution in [0.15, 0.2) is 30.5 Å². The van der Waals surface area contributed by atoms with E-state index in [4.69, 9.17) is 32.0 Å². The summed E-state index contributed by atoms with van der Waals surface area (Å²) in [5.41, 5.74) is 7.12. The zero-order valence-corrected chi connectivity index (χ0v) is 17.8. The summed E-state index contributed by atoms with van der Waals surface area (Å²) in [4.78, 5) is 25.7. The molecule has 2 aliphatic rings. The van der Waals surface area contributed by atoms with Crippen LogP contribution in [0.5, 0.6) is 0 Å². The minimum absolute atomic E-state index is 0.0849. The van der Waals surface area contributed by atoms with Crippen LogP contribution >= 0.6 is 11.6 Å². The highest BCUT2D eigenvalue weighted by atomic mass is 35.5. The number of fused-ring (bicyclic) bond motifs is 1. The zero-order chi connectivity index (χ0) is 21.4. The third-order valence-electron chi connectivity index (χ3n) is 5.96. The Bertz CT molecular complexity index is 1090. The molecular weight excluding hydrogens is 418 g/mol. The lowest BCUT2D eigenvalue weighted by Gasteiger charge is -2.32. The molecule has 2 saturated heterocycles. The second kappa shape index (κ2) is 8.32. The van der Waals surface area contributed by atoms with Gasteiger partial charge in [0.15, 0.2) is 5.65 Å². The lowest BCUT2D eigenvalue weighted by molar-refractivity contribution is -0.122. The molecule has 2 N–H and O–H groups in total. The number of morpholine rings is 1. The van der Waals surface area contributed by atoms with E-state index in [1.54, 1.807) is 0 Å². The van der Waals surface area contributed by atoms with Gasteiger partial charge in [-0.1, -0.05) is 11.6 Å². The Morgan fingerprint density at radius 1 is 1.03 bits per heavy atom. The second-order valence-electron chi connectivity index (χ2n) is 7.88. The van der Waals surface area contributed by atoms with Crippen LogP contribution in [0, 0.1) is 5.92 Å². The fraction of sp³-hybridized carbons (Fsp3) is 0.429. The highest BCUT2D eigenvalue weighted by Crippen LogP contribution is 2.30. The van der Waals surface area contributed by atoms with Gasteiger partial charge in [-0.05, 0) is 37.1 Å². The molecule has 1 aromatic carbocycles. The van der Waals surface area contributed by atoms with Gasteiger partial charge in [-0.3, -0.25) is 4.79 Å². The van der Waals surface area contributed by atoms with E-state index in [2.05, 4.69) is 14.9 Å². The number of piperidine rings is 1. The summed E-state index contributed by atoms with van der Waals surface area (Å²) < 4.78 is 7.34. The SMILES string of the molecule is NC(=O)C1CCN(c2nc(N3CCOCC3)c3cnn(-c4ccc(Cl)cc4)c3n2)CC1. The van der Waals surface area contributed by atoms with Crippen LogP contribution in [0.2, 0.25) is 5.02 Å². The topological polar surface area (TPSA) is 102 Å². The maximum atomic E-state index is 11.6. The van der Waals surface area contributed by atoms with E-state index in [9.17, 15) is 4.79 Å². The van der Waals surface area contributed by atoms with E-state index in [1.165, 1.54) is 0 Å². The number of hydrogen-bond acceptors (Lipinski definition) is 7. The number of amides is 1. The molecule has 0 saturated carbocycles. The number of anilines is 2. The van der Waals surface area contributed by atoms with Gasteiger partial charge in [0.05, 0.1) is 30.5 Å². The average Bonchev–Trinajstić information content (AvgIpc) is 3.23. The number of halogens is 1. The number of hydrogen-bond donors (Lipinski definition) is 1. The van der Waals surface area contributed by atoms with Crippen molar-refractivity contribution in [2.75, 3.05) is 49.2 Å². The van der Waals surface area contributed by atoms with Crippen LogP contribution in [0.4, 0.5) is 11.8 Å². The summed E-state index contributed by atoms with van der Waals surface area (Å²) >= 11 is 6.07. The van der Waals surface area contributed by atoms with Crippen molar-refractivity contribution in [3.63, 3.8) is 0 Å². The van der Waals surface area contributed by atoms with E-state index >= 15 is 0 Å². The zero-order valence-electron chi connectivity index (χ0n) is 17.1. The maximum Gasteiger partial charge on any atom is 0.229 e. The van der Waals surface area contributed by atoms with Gasteiger partial charge >= 0.3 is 0 Å². The van der Waals surface area contributed by atoms with Crippen LogP contribution in [-0.4, -0.2) is 65.0 Å². The fourth-order valence-electron chi connectivity index (χ4n) is 4.17. The molecule has 1 amide bonds. The molecule has 0 bridgehead atoms. The quantitative estimate of drug-likeness (QED) is 0.660. The van der Waals surface area contributed by atoms with Crippen molar-refractivity contribution >= 4 is 40.3 Å². The normalized spacial score (nSPS) is 18.0. The Labute approximate surface area is 184 Å². The Balaban J connectivity index is 1.57. The molecular formula is C21H24ClN7O2. The molecule has 4 heterocycles. The molecule has 0 aliphatic carbocycles. The molecule has 2 fully saturated rings. The van der Waals surface area contributed by atoms with Crippen molar-refractivity contribution < 1.29 is 9.53 Å². The Kier molecular flexibility index (Phi) is 5.37. The lowest BCUT2D eigenvalue weighted by Crippen LogP contribution is -2.40. The van der Waals surface area contributed by atoms with Gasteiger partial charge in [0.2, 0.25) is 11.9 Å². The summed E-state index contributed by atoms with van der Waals surface area (Å²) in [6.45, 7) is 4.24.